The number of alkyl halides is 1. The molecule has 1 fully saturated rings. The van der Waals surface area contributed by atoms with Gasteiger partial charge in [-0.25, -0.2) is 0 Å². The number of carbonyl (C=O) groups is 2. The predicted molar refractivity (Wildman–Crippen MR) is 90.5 cm³/mol. The van der Waals surface area contributed by atoms with E-state index < -0.39 is 0 Å². The van der Waals surface area contributed by atoms with Gasteiger partial charge in [-0.3, -0.25) is 14.5 Å². The fourth-order valence-electron chi connectivity index (χ4n) is 3.37. The predicted octanol–water partition coefficient (Wildman–Crippen LogP) is 4.82. The number of unbranched alkanes of at least 4 members (excludes halogenated alkanes) is 4. The molecule has 0 radical (unpaired) electrons. The summed E-state index contributed by atoms with van der Waals surface area (Å²) in [6, 6.07) is 0. The van der Waals surface area contributed by atoms with Crippen LogP contribution in [0.5, 0.6) is 0 Å². The van der Waals surface area contributed by atoms with Crippen LogP contribution in [0.25, 0.3) is 0 Å². The molecule has 3 nitrogen and oxygen atoms in total. The highest BCUT2D eigenvalue weighted by Crippen LogP contribution is 2.40. The fraction of sp³-hybridized carbons (Fsp3) is 0.882. The van der Waals surface area contributed by atoms with E-state index in [-0.39, 0.29) is 22.2 Å². The SMILES string of the molecule is CCCCCC1(CCCCC)CCC(=O)N1C(=O)C(C)Br. The number of nitrogens with zero attached hydrogens (tertiary/aromatic N) is 1. The Balaban J connectivity index is 2.89. The number of halogens is 1. The molecule has 0 aromatic carbocycles. The molecule has 0 bridgehead atoms. The van der Waals surface area contributed by atoms with Gasteiger partial charge in [0.25, 0.3) is 0 Å². The van der Waals surface area contributed by atoms with Crippen LogP contribution in [-0.4, -0.2) is 27.1 Å². The zero-order chi connectivity index (χ0) is 15.9. The van der Waals surface area contributed by atoms with Crippen LogP contribution in [0, 0.1) is 0 Å². The van der Waals surface area contributed by atoms with Crippen molar-refractivity contribution in [2.75, 3.05) is 0 Å². The second-order valence-electron chi connectivity index (χ2n) is 6.32. The quantitative estimate of drug-likeness (QED) is 0.437. The Morgan fingerprint density at radius 2 is 1.71 bits per heavy atom. The van der Waals surface area contributed by atoms with E-state index in [9.17, 15) is 9.59 Å². The van der Waals surface area contributed by atoms with Crippen molar-refractivity contribution in [2.45, 2.75) is 95.3 Å². The zero-order valence-electron chi connectivity index (χ0n) is 13.8. The van der Waals surface area contributed by atoms with Gasteiger partial charge in [0.15, 0.2) is 0 Å². The summed E-state index contributed by atoms with van der Waals surface area (Å²) < 4.78 is 0. The highest BCUT2D eigenvalue weighted by Gasteiger charge is 2.48. The van der Waals surface area contributed by atoms with Crippen LogP contribution in [0.3, 0.4) is 0 Å². The van der Waals surface area contributed by atoms with Crippen LogP contribution in [0.1, 0.15) is 85.0 Å². The van der Waals surface area contributed by atoms with E-state index in [0.717, 1.165) is 32.1 Å². The summed E-state index contributed by atoms with van der Waals surface area (Å²) in [6.45, 7) is 6.19. The second-order valence-corrected chi connectivity index (χ2v) is 7.70. The molecule has 122 valence electrons. The van der Waals surface area contributed by atoms with Crippen molar-refractivity contribution in [3.63, 3.8) is 0 Å². The zero-order valence-corrected chi connectivity index (χ0v) is 15.4. The fourth-order valence-corrected chi connectivity index (χ4v) is 3.57. The molecular formula is C17H30BrNO2. The Hall–Kier alpha value is -0.380. The third kappa shape index (κ3) is 4.80. The Morgan fingerprint density at radius 3 is 2.14 bits per heavy atom. The van der Waals surface area contributed by atoms with Crippen LogP contribution in [0.2, 0.25) is 0 Å². The first kappa shape index (κ1) is 18.7. The van der Waals surface area contributed by atoms with Gasteiger partial charge in [0.2, 0.25) is 11.8 Å². The number of carbonyl (C=O) groups excluding carboxylic acids is 2. The number of hydrogen-bond acceptors (Lipinski definition) is 2. The van der Waals surface area contributed by atoms with Crippen LogP contribution >= 0.6 is 15.9 Å². The van der Waals surface area contributed by atoms with Crippen LogP contribution < -0.4 is 0 Å². The summed E-state index contributed by atoms with van der Waals surface area (Å²) in [5.74, 6) is -0.0233. The average Bonchev–Trinajstić information content (AvgIpc) is 2.76. The third-order valence-corrected chi connectivity index (χ3v) is 4.97. The van der Waals surface area contributed by atoms with Gasteiger partial charge in [-0.2, -0.15) is 0 Å². The summed E-state index contributed by atoms with van der Waals surface area (Å²) in [6.07, 6.45) is 10.2. The van der Waals surface area contributed by atoms with Crippen molar-refractivity contribution in [3.05, 3.63) is 0 Å². The van der Waals surface area contributed by atoms with Crippen molar-refractivity contribution < 1.29 is 9.59 Å². The molecule has 0 spiro atoms. The van der Waals surface area contributed by atoms with Crippen LogP contribution in [0.4, 0.5) is 0 Å². The molecule has 0 aliphatic carbocycles. The van der Waals surface area contributed by atoms with Gasteiger partial charge >= 0.3 is 0 Å². The number of likely N-dealkylation sites (tertiary alicyclic amines) is 1. The van der Waals surface area contributed by atoms with Gasteiger partial charge in [-0.15, -0.1) is 0 Å². The van der Waals surface area contributed by atoms with E-state index in [0.29, 0.717) is 6.42 Å². The van der Waals surface area contributed by atoms with E-state index in [2.05, 4.69) is 29.8 Å². The normalized spacial score (nSPS) is 19.0. The van der Waals surface area contributed by atoms with Crippen molar-refractivity contribution in [1.82, 2.24) is 4.90 Å². The number of hydrogen-bond donors (Lipinski definition) is 0. The molecule has 1 rings (SSSR count). The molecule has 1 aliphatic heterocycles. The molecule has 0 N–H and O–H groups in total. The first-order valence-corrected chi connectivity index (χ1v) is 9.41. The third-order valence-electron chi connectivity index (χ3n) is 4.58. The Morgan fingerprint density at radius 1 is 1.19 bits per heavy atom. The van der Waals surface area contributed by atoms with E-state index in [1.54, 1.807) is 4.90 Å². The van der Waals surface area contributed by atoms with E-state index in [1.807, 2.05) is 6.92 Å². The maximum absolute atomic E-state index is 12.5. The highest BCUT2D eigenvalue weighted by atomic mass is 79.9. The molecule has 0 aromatic rings. The molecule has 1 heterocycles. The van der Waals surface area contributed by atoms with Crippen LogP contribution in [0.15, 0.2) is 0 Å². The maximum Gasteiger partial charge on any atom is 0.243 e. The van der Waals surface area contributed by atoms with Gasteiger partial charge in [-0.1, -0.05) is 68.3 Å². The van der Waals surface area contributed by atoms with E-state index in [1.165, 1.54) is 25.7 Å². The van der Waals surface area contributed by atoms with Crippen molar-refractivity contribution in [3.8, 4) is 0 Å². The summed E-state index contributed by atoms with van der Waals surface area (Å²) in [4.78, 5) is 26.1. The Kier molecular flexibility index (Phi) is 7.93. The van der Waals surface area contributed by atoms with Gasteiger partial charge in [0.1, 0.15) is 0 Å². The first-order chi connectivity index (χ1) is 9.98. The minimum Gasteiger partial charge on any atom is -0.275 e. The monoisotopic (exact) mass is 359 g/mol. The molecule has 1 saturated heterocycles. The summed E-state index contributed by atoms with van der Waals surface area (Å²) in [5, 5.41) is 0. The highest BCUT2D eigenvalue weighted by molar-refractivity contribution is 9.10. The lowest BCUT2D eigenvalue weighted by molar-refractivity contribution is -0.147. The van der Waals surface area contributed by atoms with E-state index in [4.69, 9.17) is 0 Å². The number of amides is 2. The lowest BCUT2D eigenvalue weighted by Gasteiger charge is -2.38. The van der Waals surface area contributed by atoms with Crippen molar-refractivity contribution in [1.29, 1.82) is 0 Å². The van der Waals surface area contributed by atoms with Crippen molar-refractivity contribution >= 4 is 27.7 Å². The molecule has 21 heavy (non-hydrogen) atoms. The largest absolute Gasteiger partial charge is 0.275 e. The molecule has 1 unspecified atom stereocenters. The number of rotatable bonds is 9. The number of imide groups is 1. The first-order valence-electron chi connectivity index (χ1n) is 8.49. The molecule has 1 atom stereocenters. The molecule has 4 heteroatoms. The van der Waals surface area contributed by atoms with E-state index >= 15 is 0 Å². The Bertz CT molecular complexity index is 345. The molecule has 0 aromatic heterocycles. The van der Waals surface area contributed by atoms with Crippen molar-refractivity contribution in [2.24, 2.45) is 0 Å². The average molecular weight is 360 g/mol. The topological polar surface area (TPSA) is 37.4 Å². The standard InChI is InChI=1S/C17H30BrNO2/c1-4-6-8-11-17(12-9-7-5-2)13-10-15(20)19(17)16(21)14(3)18/h14H,4-13H2,1-3H3. The lowest BCUT2D eigenvalue weighted by Crippen LogP contribution is -2.51. The van der Waals surface area contributed by atoms with Gasteiger partial charge in [0.05, 0.1) is 10.4 Å². The second kappa shape index (κ2) is 8.92. The van der Waals surface area contributed by atoms with Gasteiger partial charge < -0.3 is 0 Å². The maximum atomic E-state index is 12.5. The molecule has 0 saturated carbocycles. The molecular weight excluding hydrogens is 330 g/mol. The Labute approximate surface area is 138 Å². The smallest absolute Gasteiger partial charge is 0.243 e. The molecule has 2 amide bonds. The summed E-state index contributed by atoms with van der Waals surface area (Å²) >= 11 is 3.35. The minimum atomic E-state index is -0.281. The minimum absolute atomic E-state index is 0.0271. The summed E-state index contributed by atoms with van der Waals surface area (Å²) in [5.41, 5.74) is -0.208. The summed E-state index contributed by atoms with van der Waals surface area (Å²) in [7, 11) is 0. The van der Waals surface area contributed by atoms with Gasteiger partial charge in [0, 0.05) is 6.42 Å². The lowest BCUT2D eigenvalue weighted by atomic mass is 9.84. The van der Waals surface area contributed by atoms with Gasteiger partial charge in [-0.05, 0) is 26.2 Å². The molecule has 1 aliphatic rings. The van der Waals surface area contributed by atoms with Crippen LogP contribution in [-0.2, 0) is 9.59 Å².